The van der Waals surface area contributed by atoms with Crippen LogP contribution < -0.4 is 5.73 Å². The van der Waals surface area contributed by atoms with Crippen molar-refractivity contribution in [2.24, 2.45) is 11.7 Å². The molecule has 0 saturated carbocycles. The second-order valence-electron chi connectivity index (χ2n) is 4.56. The van der Waals surface area contributed by atoms with E-state index < -0.39 is 18.3 Å². The standard InChI is InChI=1S/C10H19F3N2/c1-7-3-5-15(6-4-7)9(8(2)14)10(11,12)13/h7-9H,3-6,14H2,1-2H3. The molecular weight excluding hydrogens is 205 g/mol. The van der Waals surface area contributed by atoms with Crippen molar-refractivity contribution in [3.63, 3.8) is 0 Å². The van der Waals surface area contributed by atoms with Crippen LogP contribution in [0.5, 0.6) is 0 Å². The zero-order valence-electron chi connectivity index (χ0n) is 9.22. The van der Waals surface area contributed by atoms with Crippen LogP contribution in [0, 0.1) is 5.92 Å². The van der Waals surface area contributed by atoms with Gasteiger partial charge in [-0.15, -0.1) is 0 Å². The maximum atomic E-state index is 12.7. The molecule has 0 aromatic heterocycles. The SMILES string of the molecule is CC1CCN(C(C(C)N)C(F)(F)F)CC1. The first-order valence-electron chi connectivity index (χ1n) is 5.38. The Bertz CT molecular complexity index is 195. The highest BCUT2D eigenvalue weighted by Gasteiger charge is 2.46. The topological polar surface area (TPSA) is 29.3 Å². The monoisotopic (exact) mass is 224 g/mol. The van der Waals surface area contributed by atoms with E-state index in [1.807, 2.05) is 0 Å². The van der Waals surface area contributed by atoms with Crippen molar-refractivity contribution in [2.75, 3.05) is 13.1 Å². The van der Waals surface area contributed by atoms with Crippen molar-refractivity contribution in [1.29, 1.82) is 0 Å². The average molecular weight is 224 g/mol. The van der Waals surface area contributed by atoms with Gasteiger partial charge in [0.2, 0.25) is 0 Å². The Morgan fingerprint density at radius 1 is 1.27 bits per heavy atom. The van der Waals surface area contributed by atoms with Gasteiger partial charge >= 0.3 is 6.18 Å². The smallest absolute Gasteiger partial charge is 0.326 e. The third kappa shape index (κ3) is 3.34. The highest BCUT2D eigenvalue weighted by Crippen LogP contribution is 2.29. The minimum absolute atomic E-state index is 0.507. The summed E-state index contributed by atoms with van der Waals surface area (Å²) in [5.74, 6) is 0.531. The molecule has 2 unspecified atom stereocenters. The summed E-state index contributed by atoms with van der Waals surface area (Å²) < 4.78 is 38.2. The summed E-state index contributed by atoms with van der Waals surface area (Å²) in [5.41, 5.74) is 5.43. The molecule has 0 spiro atoms. The fourth-order valence-electron chi connectivity index (χ4n) is 2.14. The van der Waals surface area contributed by atoms with Gasteiger partial charge < -0.3 is 5.73 Å². The number of hydrogen-bond acceptors (Lipinski definition) is 2. The van der Waals surface area contributed by atoms with E-state index in [1.54, 1.807) is 0 Å². The van der Waals surface area contributed by atoms with Crippen molar-refractivity contribution in [1.82, 2.24) is 4.90 Å². The molecule has 0 aromatic rings. The molecule has 0 aromatic carbocycles. The van der Waals surface area contributed by atoms with Crippen LogP contribution >= 0.6 is 0 Å². The molecule has 1 fully saturated rings. The van der Waals surface area contributed by atoms with Crippen LogP contribution in [0.3, 0.4) is 0 Å². The molecule has 0 aliphatic carbocycles. The number of nitrogens with two attached hydrogens (primary N) is 1. The summed E-state index contributed by atoms with van der Waals surface area (Å²) in [4.78, 5) is 1.48. The van der Waals surface area contributed by atoms with E-state index in [1.165, 1.54) is 11.8 Å². The van der Waals surface area contributed by atoms with Crippen molar-refractivity contribution < 1.29 is 13.2 Å². The zero-order chi connectivity index (χ0) is 11.6. The third-order valence-electron chi connectivity index (χ3n) is 3.05. The van der Waals surface area contributed by atoms with Crippen LogP contribution in [0.15, 0.2) is 0 Å². The summed E-state index contributed by atoms with van der Waals surface area (Å²) in [6.07, 6.45) is -2.55. The Labute approximate surface area is 88.6 Å². The predicted molar refractivity (Wildman–Crippen MR) is 53.5 cm³/mol. The van der Waals surface area contributed by atoms with Gasteiger partial charge in [0.15, 0.2) is 0 Å². The first-order chi connectivity index (χ1) is 6.82. The number of alkyl halides is 3. The Hall–Kier alpha value is -0.290. The molecule has 0 radical (unpaired) electrons. The van der Waals surface area contributed by atoms with E-state index in [9.17, 15) is 13.2 Å². The van der Waals surface area contributed by atoms with Gasteiger partial charge in [0.25, 0.3) is 0 Å². The normalized spacial score (nSPS) is 25.2. The highest BCUT2D eigenvalue weighted by atomic mass is 19.4. The molecular formula is C10H19F3N2. The Kier molecular flexibility index (Phi) is 4.00. The van der Waals surface area contributed by atoms with Crippen LogP contribution in [0.4, 0.5) is 13.2 Å². The summed E-state index contributed by atoms with van der Waals surface area (Å²) in [6, 6.07) is -2.34. The maximum Gasteiger partial charge on any atom is 0.405 e. The Balaban J connectivity index is 2.65. The molecule has 1 heterocycles. The van der Waals surface area contributed by atoms with E-state index in [-0.39, 0.29) is 0 Å². The van der Waals surface area contributed by atoms with E-state index in [0.29, 0.717) is 19.0 Å². The number of halogens is 3. The van der Waals surface area contributed by atoms with E-state index in [0.717, 1.165) is 12.8 Å². The lowest BCUT2D eigenvalue weighted by Gasteiger charge is -2.39. The van der Waals surface area contributed by atoms with Gasteiger partial charge in [0.1, 0.15) is 6.04 Å². The molecule has 0 bridgehead atoms. The van der Waals surface area contributed by atoms with Crippen LogP contribution in [0.2, 0.25) is 0 Å². The summed E-state index contributed by atoms with van der Waals surface area (Å²) in [5, 5.41) is 0. The van der Waals surface area contributed by atoms with Gasteiger partial charge in [-0.3, -0.25) is 4.90 Å². The minimum Gasteiger partial charge on any atom is -0.326 e. The van der Waals surface area contributed by atoms with Gasteiger partial charge in [-0.05, 0) is 38.8 Å². The fraction of sp³-hybridized carbons (Fsp3) is 1.00. The van der Waals surface area contributed by atoms with Crippen LogP contribution in [-0.2, 0) is 0 Å². The molecule has 1 aliphatic heterocycles. The lowest BCUT2D eigenvalue weighted by molar-refractivity contribution is -0.191. The molecule has 1 aliphatic rings. The Morgan fingerprint density at radius 3 is 2.07 bits per heavy atom. The highest BCUT2D eigenvalue weighted by molar-refractivity contribution is 4.87. The van der Waals surface area contributed by atoms with Gasteiger partial charge in [-0.2, -0.15) is 13.2 Å². The van der Waals surface area contributed by atoms with E-state index >= 15 is 0 Å². The summed E-state index contributed by atoms with van der Waals surface area (Å²) in [6.45, 7) is 4.52. The number of hydrogen-bond donors (Lipinski definition) is 1. The molecule has 90 valence electrons. The molecule has 2 N–H and O–H groups in total. The van der Waals surface area contributed by atoms with Gasteiger partial charge in [-0.25, -0.2) is 0 Å². The van der Waals surface area contributed by atoms with Crippen molar-refractivity contribution in [3.05, 3.63) is 0 Å². The molecule has 1 rings (SSSR count). The molecule has 0 amide bonds. The zero-order valence-corrected chi connectivity index (χ0v) is 9.22. The first kappa shape index (κ1) is 12.8. The summed E-state index contributed by atoms with van der Waals surface area (Å²) in [7, 11) is 0. The van der Waals surface area contributed by atoms with E-state index in [4.69, 9.17) is 5.73 Å². The molecule has 1 saturated heterocycles. The maximum absolute atomic E-state index is 12.7. The van der Waals surface area contributed by atoms with E-state index in [2.05, 4.69) is 6.92 Å². The lowest BCUT2D eigenvalue weighted by Crippen LogP contribution is -2.56. The minimum atomic E-state index is -4.21. The molecule has 2 atom stereocenters. The lowest BCUT2D eigenvalue weighted by atomic mass is 9.96. The average Bonchev–Trinajstić information content (AvgIpc) is 2.05. The third-order valence-corrected chi connectivity index (χ3v) is 3.05. The van der Waals surface area contributed by atoms with Gasteiger partial charge in [0.05, 0.1) is 0 Å². The van der Waals surface area contributed by atoms with Crippen molar-refractivity contribution in [3.8, 4) is 0 Å². The van der Waals surface area contributed by atoms with Crippen LogP contribution in [0.1, 0.15) is 26.7 Å². The van der Waals surface area contributed by atoms with Crippen LogP contribution in [0.25, 0.3) is 0 Å². The first-order valence-corrected chi connectivity index (χ1v) is 5.38. The van der Waals surface area contributed by atoms with Crippen LogP contribution in [-0.4, -0.2) is 36.2 Å². The molecule has 15 heavy (non-hydrogen) atoms. The number of rotatable bonds is 2. The predicted octanol–water partition coefficient (Wildman–Crippen LogP) is 2.00. The second kappa shape index (κ2) is 4.70. The van der Waals surface area contributed by atoms with Crippen molar-refractivity contribution in [2.45, 2.75) is 44.9 Å². The largest absolute Gasteiger partial charge is 0.405 e. The fourth-order valence-corrected chi connectivity index (χ4v) is 2.14. The van der Waals surface area contributed by atoms with Gasteiger partial charge in [-0.1, -0.05) is 6.92 Å². The second-order valence-corrected chi connectivity index (χ2v) is 4.56. The molecule has 5 heteroatoms. The number of likely N-dealkylation sites (tertiary alicyclic amines) is 1. The van der Waals surface area contributed by atoms with Gasteiger partial charge in [0, 0.05) is 6.04 Å². The number of piperidine rings is 1. The quantitative estimate of drug-likeness (QED) is 0.777. The summed E-state index contributed by atoms with van der Waals surface area (Å²) >= 11 is 0. The molecule has 2 nitrogen and oxygen atoms in total. The Morgan fingerprint density at radius 2 is 1.73 bits per heavy atom. The number of nitrogens with zero attached hydrogens (tertiary/aromatic N) is 1. The van der Waals surface area contributed by atoms with Crippen molar-refractivity contribution >= 4 is 0 Å².